The lowest BCUT2D eigenvalue weighted by atomic mass is 9.33. The van der Waals surface area contributed by atoms with Crippen LogP contribution < -0.4 is 26.2 Å². The molecule has 0 bridgehead atoms. The van der Waals surface area contributed by atoms with Gasteiger partial charge < -0.3 is 9.80 Å². The molecule has 2 nitrogen and oxygen atoms in total. The summed E-state index contributed by atoms with van der Waals surface area (Å²) in [4.78, 5) is 5.26. The third kappa shape index (κ3) is 7.93. The molecule has 2 heterocycles. The molecule has 0 fully saturated rings. The second-order valence-corrected chi connectivity index (χ2v) is 24.4. The van der Waals surface area contributed by atoms with Gasteiger partial charge >= 0.3 is 0 Å². The Labute approximate surface area is 413 Å². The molecule has 0 radical (unpaired) electrons. The van der Waals surface area contributed by atoms with Crippen LogP contribution in [0.25, 0.3) is 33.4 Å². The smallest absolute Gasteiger partial charge is 0.252 e. The Bertz CT molecular complexity index is 3240. The van der Waals surface area contributed by atoms with Gasteiger partial charge in [-0.3, -0.25) is 0 Å². The molecule has 0 amide bonds. The Hall–Kier alpha value is -6.58. The van der Waals surface area contributed by atoms with Crippen LogP contribution in [0.3, 0.4) is 0 Å². The van der Waals surface area contributed by atoms with Gasteiger partial charge in [0, 0.05) is 34.0 Å². The van der Waals surface area contributed by atoms with Gasteiger partial charge in [0.05, 0.1) is 5.69 Å². The third-order valence-corrected chi connectivity index (χ3v) is 15.3. The molecule has 0 aromatic heterocycles. The minimum absolute atomic E-state index is 0.0211. The van der Waals surface area contributed by atoms with Gasteiger partial charge in [-0.25, -0.2) is 0 Å². The molecule has 8 aromatic carbocycles. The molecule has 0 spiro atoms. The fourth-order valence-electron chi connectivity index (χ4n) is 11.6. The van der Waals surface area contributed by atoms with Crippen LogP contribution in [0.5, 0.6) is 0 Å². The monoisotopic (exact) mass is 899 g/mol. The number of nitrogens with zero attached hydrogens (tertiary/aromatic N) is 2. The van der Waals surface area contributed by atoms with Gasteiger partial charge in [-0.2, -0.15) is 0 Å². The number of rotatable bonds is 5. The fourth-order valence-corrected chi connectivity index (χ4v) is 11.6. The van der Waals surface area contributed by atoms with Crippen molar-refractivity contribution in [2.75, 3.05) is 9.80 Å². The summed E-state index contributed by atoms with van der Waals surface area (Å²) >= 11 is 0. The molecule has 0 N–H and O–H groups in total. The van der Waals surface area contributed by atoms with Gasteiger partial charge in [-0.15, -0.1) is 0 Å². The lowest BCUT2D eigenvalue weighted by molar-refractivity contribution is 0.392. The zero-order valence-electron chi connectivity index (χ0n) is 43.0. The highest BCUT2D eigenvalue weighted by molar-refractivity contribution is 7.00. The van der Waals surface area contributed by atoms with Gasteiger partial charge in [0.1, 0.15) is 0 Å². The van der Waals surface area contributed by atoms with Crippen LogP contribution in [0.4, 0.5) is 34.1 Å². The molecule has 344 valence electrons. The molecule has 69 heavy (non-hydrogen) atoms. The number of hydrogen-bond donors (Lipinski definition) is 0. The number of benzene rings is 8. The molecule has 2 aliphatic heterocycles. The predicted octanol–water partition coefficient (Wildman–Crippen LogP) is 16.1. The van der Waals surface area contributed by atoms with Gasteiger partial charge in [0.25, 0.3) is 6.71 Å². The Morgan fingerprint density at radius 2 is 0.884 bits per heavy atom. The zero-order valence-corrected chi connectivity index (χ0v) is 43.0. The molecule has 0 unspecified atom stereocenters. The standard InChI is InChI=1S/C66H67BN2/c1-42-31-60-62-61(32-42)69(57-29-25-51(64(5,6)7)38-54(57)47-34-45(43-19-15-13-16-20-43)33-46(35-47)44-21-17-14-18-22-44)59-37-49-41-66(11,12)40-48(49)36-55(59)67(62)56-39-52(65(8,9)10)26-30-58(56)68(60)53-27-23-50(24-28-53)63(2,3)4/h13-39H,40-41H2,1-12H3. The first-order valence-electron chi connectivity index (χ1n) is 25.3. The van der Waals surface area contributed by atoms with Crippen molar-refractivity contribution in [1.29, 1.82) is 0 Å². The molecule has 8 aromatic rings. The number of aryl methyl sites for hydroxylation is 1. The Balaban J connectivity index is 1.24. The van der Waals surface area contributed by atoms with Gasteiger partial charge in [0.2, 0.25) is 0 Å². The quantitative estimate of drug-likeness (QED) is 0.159. The summed E-state index contributed by atoms with van der Waals surface area (Å²) < 4.78 is 0. The van der Waals surface area contributed by atoms with E-state index in [1.54, 1.807) is 0 Å². The minimum Gasteiger partial charge on any atom is -0.311 e. The van der Waals surface area contributed by atoms with Crippen molar-refractivity contribution in [3.05, 3.63) is 197 Å². The largest absolute Gasteiger partial charge is 0.311 e. The van der Waals surface area contributed by atoms with Crippen molar-refractivity contribution in [2.24, 2.45) is 5.41 Å². The molecular formula is C66H67BN2. The summed E-state index contributed by atoms with van der Waals surface area (Å²) in [6, 6.07) is 63.4. The van der Waals surface area contributed by atoms with Crippen LogP contribution >= 0.6 is 0 Å². The first kappa shape index (κ1) is 44.9. The van der Waals surface area contributed by atoms with Crippen LogP contribution in [0.2, 0.25) is 0 Å². The summed E-state index contributed by atoms with van der Waals surface area (Å²) in [5, 5.41) is 0. The zero-order chi connectivity index (χ0) is 48.4. The lowest BCUT2D eigenvalue weighted by Crippen LogP contribution is -2.61. The van der Waals surface area contributed by atoms with E-state index in [2.05, 4.69) is 257 Å². The van der Waals surface area contributed by atoms with E-state index in [1.165, 1.54) is 117 Å². The molecule has 0 saturated heterocycles. The normalized spacial score (nSPS) is 14.9. The van der Waals surface area contributed by atoms with E-state index >= 15 is 0 Å². The van der Waals surface area contributed by atoms with E-state index in [0.29, 0.717) is 0 Å². The summed E-state index contributed by atoms with van der Waals surface area (Å²) in [5.41, 5.74) is 27.3. The van der Waals surface area contributed by atoms with Crippen molar-refractivity contribution < 1.29 is 0 Å². The molecule has 1 aliphatic carbocycles. The lowest BCUT2D eigenvalue weighted by Gasteiger charge is -2.45. The van der Waals surface area contributed by atoms with E-state index in [0.717, 1.165) is 12.8 Å². The van der Waals surface area contributed by atoms with Crippen LogP contribution in [0.15, 0.2) is 164 Å². The van der Waals surface area contributed by atoms with Crippen molar-refractivity contribution in [2.45, 2.75) is 112 Å². The molecular weight excluding hydrogens is 832 g/mol. The van der Waals surface area contributed by atoms with Crippen molar-refractivity contribution in [3.8, 4) is 33.4 Å². The summed E-state index contributed by atoms with van der Waals surface area (Å²) in [7, 11) is 0. The topological polar surface area (TPSA) is 6.48 Å². The van der Waals surface area contributed by atoms with Crippen LogP contribution in [-0.2, 0) is 29.1 Å². The van der Waals surface area contributed by atoms with E-state index < -0.39 is 0 Å². The summed E-state index contributed by atoms with van der Waals surface area (Å²) in [6.07, 6.45) is 2.15. The van der Waals surface area contributed by atoms with Crippen molar-refractivity contribution >= 4 is 57.2 Å². The Morgan fingerprint density at radius 1 is 0.406 bits per heavy atom. The van der Waals surface area contributed by atoms with E-state index in [-0.39, 0.29) is 28.4 Å². The van der Waals surface area contributed by atoms with Crippen molar-refractivity contribution in [1.82, 2.24) is 0 Å². The summed E-state index contributed by atoms with van der Waals surface area (Å²) in [6.45, 7) is 28.2. The number of fused-ring (bicyclic) bond motifs is 5. The van der Waals surface area contributed by atoms with Crippen LogP contribution in [0.1, 0.15) is 110 Å². The molecule has 3 heteroatoms. The fraction of sp³-hybridized carbons (Fsp3) is 0.273. The molecule has 0 saturated carbocycles. The van der Waals surface area contributed by atoms with Gasteiger partial charge in [-0.1, -0.05) is 173 Å². The molecule has 3 aliphatic rings. The highest BCUT2D eigenvalue weighted by Gasteiger charge is 2.45. The van der Waals surface area contributed by atoms with Gasteiger partial charge in [0.15, 0.2) is 0 Å². The van der Waals surface area contributed by atoms with E-state index in [4.69, 9.17) is 0 Å². The highest BCUT2D eigenvalue weighted by Crippen LogP contribution is 2.50. The summed E-state index contributed by atoms with van der Waals surface area (Å²) in [5.74, 6) is 0. The van der Waals surface area contributed by atoms with Crippen molar-refractivity contribution in [3.63, 3.8) is 0 Å². The third-order valence-electron chi connectivity index (χ3n) is 15.3. The second kappa shape index (κ2) is 16.0. The Kier molecular flexibility index (Phi) is 10.4. The molecule has 0 atom stereocenters. The van der Waals surface area contributed by atoms with E-state index in [9.17, 15) is 0 Å². The minimum atomic E-state index is -0.0656. The predicted molar refractivity (Wildman–Crippen MR) is 299 cm³/mol. The second-order valence-electron chi connectivity index (χ2n) is 24.4. The highest BCUT2D eigenvalue weighted by atomic mass is 15.2. The first-order chi connectivity index (χ1) is 32.7. The number of anilines is 6. The SMILES string of the molecule is Cc1cc2c3c(c1)N(c1ccc(C(C)(C)C)cc1-c1cc(-c4ccccc4)cc(-c4ccccc4)c1)c1cc4c(cc1B3c1cc(C(C)(C)C)ccc1N2c1ccc(C(C)(C)C)cc1)CC(C)(C)C4. The number of hydrogen-bond acceptors (Lipinski definition) is 2. The van der Waals surface area contributed by atoms with E-state index in [1.807, 2.05) is 0 Å². The van der Waals surface area contributed by atoms with Crippen LogP contribution in [0, 0.1) is 12.3 Å². The maximum Gasteiger partial charge on any atom is 0.252 e. The van der Waals surface area contributed by atoms with Crippen LogP contribution in [-0.4, -0.2) is 6.71 Å². The maximum absolute atomic E-state index is 2.68. The first-order valence-corrected chi connectivity index (χ1v) is 25.3. The van der Waals surface area contributed by atoms with Gasteiger partial charge in [-0.05, 0) is 186 Å². The maximum atomic E-state index is 2.68. The average Bonchev–Trinajstić information content (AvgIpc) is 3.62. The average molecular weight is 899 g/mol. The molecule has 11 rings (SSSR count). The Morgan fingerprint density at radius 3 is 1.45 bits per heavy atom.